The lowest BCUT2D eigenvalue weighted by Crippen LogP contribution is -2.61. The molecule has 0 radical (unpaired) electrons. The molecule has 1 rings (SSSR count). The van der Waals surface area contributed by atoms with Gasteiger partial charge in [0.05, 0.1) is 12.8 Å². The molecule has 1 saturated heterocycles. The number of amides is 5. The van der Waals surface area contributed by atoms with Gasteiger partial charge in [-0.1, -0.05) is 48.5 Å². The zero-order valence-electron chi connectivity index (χ0n) is 27.7. The van der Waals surface area contributed by atoms with E-state index in [0.717, 1.165) is 19.3 Å². The number of likely N-dealkylation sites (tertiary alicyclic amines) is 1. The third-order valence-corrected chi connectivity index (χ3v) is 7.83. The lowest BCUT2D eigenvalue weighted by molar-refractivity contribution is -0.144. The van der Waals surface area contributed by atoms with Crippen molar-refractivity contribution in [3.8, 4) is 0 Å². The molecule has 45 heavy (non-hydrogen) atoms. The average Bonchev–Trinajstić information content (AvgIpc) is 2.94. The fourth-order valence-corrected chi connectivity index (χ4v) is 5.13. The Bertz CT molecular complexity index is 1060. The van der Waals surface area contributed by atoms with Gasteiger partial charge in [-0.3, -0.25) is 28.8 Å². The van der Waals surface area contributed by atoms with Crippen LogP contribution in [0.25, 0.3) is 0 Å². The number of hydrogen-bond acceptors (Lipinski definition) is 7. The Kier molecular flexibility index (Phi) is 16.0. The number of carbonyl (C=O) groups is 7. The molecule has 0 unspecified atom stereocenters. The Morgan fingerprint density at radius 2 is 1.18 bits per heavy atom. The third kappa shape index (κ3) is 13.4. The fourth-order valence-electron chi connectivity index (χ4n) is 5.13. The Hall–Kier alpha value is -3.71. The van der Waals surface area contributed by atoms with E-state index in [1.165, 1.54) is 0 Å². The summed E-state index contributed by atoms with van der Waals surface area (Å²) >= 11 is 0. The fraction of sp³-hybridized carbons (Fsp3) is 0.774. The zero-order chi connectivity index (χ0) is 34.5. The van der Waals surface area contributed by atoms with Crippen molar-refractivity contribution in [2.45, 2.75) is 124 Å². The van der Waals surface area contributed by atoms with Crippen molar-refractivity contribution in [3.63, 3.8) is 0 Å². The van der Waals surface area contributed by atoms with Crippen molar-refractivity contribution >= 4 is 41.5 Å². The highest BCUT2D eigenvalue weighted by molar-refractivity contribution is 5.98. The summed E-state index contributed by atoms with van der Waals surface area (Å²) in [7, 11) is 0. The van der Waals surface area contributed by atoms with E-state index in [-0.39, 0.29) is 24.2 Å². The number of nitrogens with one attached hydrogen (secondary N) is 4. The highest BCUT2D eigenvalue weighted by Gasteiger charge is 2.38. The minimum Gasteiger partial charge on any atom is -0.481 e. The number of piperidine rings is 1. The summed E-state index contributed by atoms with van der Waals surface area (Å²) in [6.07, 6.45) is 2.36. The van der Waals surface area contributed by atoms with E-state index in [1.54, 1.807) is 39.5 Å². The smallest absolute Gasteiger partial charge is 0.326 e. The molecule has 14 heteroatoms. The molecule has 1 heterocycles. The predicted octanol–water partition coefficient (Wildman–Crippen LogP) is 1.42. The quantitative estimate of drug-likeness (QED) is 0.136. The van der Waals surface area contributed by atoms with Gasteiger partial charge in [-0.05, 0) is 49.9 Å². The normalized spacial score (nSPS) is 16.2. The summed E-state index contributed by atoms with van der Waals surface area (Å²) < 4.78 is 0. The Morgan fingerprint density at radius 3 is 1.62 bits per heavy atom. The van der Waals surface area contributed by atoms with E-state index in [1.807, 2.05) is 13.8 Å². The standard InChI is InChI=1S/C31H53N5O9/c1-8-19(9-2)26(40)35-25(31(5,6)7)29(43)33-20(16-23(37)36-13-11-10-12-14-36)27(41)32-21(17-24(38)39)28(42)34-22(30(44)45)15-18(3)4/h18-22,25H,8-17H2,1-7H3,(H,32,41)(H,33,43)(H,34,42)(H,35,40)(H,38,39)(H,44,45)/t20-,21-,22-,25+/m0/s1. The van der Waals surface area contributed by atoms with E-state index in [4.69, 9.17) is 0 Å². The summed E-state index contributed by atoms with van der Waals surface area (Å²) in [5.74, 6) is -6.69. The van der Waals surface area contributed by atoms with Gasteiger partial charge >= 0.3 is 11.9 Å². The maximum Gasteiger partial charge on any atom is 0.326 e. The summed E-state index contributed by atoms with van der Waals surface area (Å²) in [6.45, 7) is 13.4. The molecule has 5 amide bonds. The lowest BCUT2D eigenvalue weighted by Gasteiger charge is -2.33. The number of hydrogen-bond donors (Lipinski definition) is 6. The van der Waals surface area contributed by atoms with Gasteiger partial charge in [0.15, 0.2) is 0 Å². The number of aliphatic carboxylic acids is 2. The van der Waals surface area contributed by atoms with Crippen LogP contribution in [0.1, 0.15) is 99.8 Å². The SMILES string of the molecule is CCC(CC)C(=O)N[C@H](C(=O)N[C@@H](CC(=O)N1CCCCC1)C(=O)N[C@@H](CC(=O)O)C(=O)N[C@@H](CC(C)C)C(=O)O)C(C)(C)C. The molecule has 1 fully saturated rings. The van der Waals surface area contributed by atoms with Crippen LogP contribution in [0, 0.1) is 17.3 Å². The predicted molar refractivity (Wildman–Crippen MR) is 166 cm³/mol. The van der Waals surface area contributed by atoms with Crippen LogP contribution < -0.4 is 21.3 Å². The first-order valence-corrected chi connectivity index (χ1v) is 15.8. The minimum atomic E-state index is -1.69. The van der Waals surface area contributed by atoms with Crippen LogP contribution >= 0.6 is 0 Å². The first-order chi connectivity index (χ1) is 20.9. The molecule has 1 aliphatic heterocycles. The van der Waals surface area contributed by atoms with Crippen LogP contribution in [0.2, 0.25) is 0 Å². The second kappa shape index (κ2) is 18.3. The number of carboxylic acids is 2. The van der Waals surface area contributed by atoms with Crippen LogP contribution in [0.5, 0.6) is 0 Å². The molecule has 0 saturated carbocycles. The van der Waals surface area contributed by atoms with E-state index < -0.39 is 78.0 Å². The number of nitrogens with zero attached hydrogens (tertiary/aromatic N) is 1. The van der Waals surface area contributed by atoms with Gasteiger partial charge in [0.1, 0.15) is 24.2 Å². The molecule has 6 N–H and O–H groups in total. The first-order valence-electron chi connectivity index (χ1n) is 15.8. The van der Waals surface area contributed by atoms with E-state index >= 15 is 0 Å². The van der Waals surface area contributed by atoms with Crippen LogP contribution in [0.15, 0.2) is 0 Å². The number of carboxylic acid groups (broad SMARTS) is 2. The Balaban J connectivity index is 3.34. The van der Waals surface area contributed by atoms with Crippen molar-refractivity contribution in [1.29, 1.82) is 0 Å². The van der Waals surface area contributed by atoms with Gasteiger partial charge in [-0.15, -0.1) is 0 Å². The second-order valence-electron chi connectivity index (χ2n) is 13.2. The highest BCUT2D eigenvalue weighted by atomic mass is 16.4. The van der Waals surface area contributed by atoms with E-state index in [9.17, 15) is 43.8 Å². The highest BCUT2D eigenvalue weighted by Crippen LogP contribution is 2.21. The monoisotopic (exact) mass is 639 g/mol. The number of rotatable bonds is 17. The largest absolute Gasteiger partial charge is 0.481 e. The molecule has 14 nitrogen and oxygen atoms in total. The molecule has 1 aliphatic rings. The lowest BCUT2D eigenvalue weighted by atomic mass is 9.85. The van der Waals surface area contributed by atoms with Gasteiger partial charge in [-0.25, -0.2) is 4.79 Å². The van der Waals surface area contributed by atoms with E-state index in [2.05, 4.69) is 21.3 Å². The molecule has 0 aromatic rings. The molecular formula is C31H53N5O9. The molecular weight excluding hydrogens is 586 g/mol. The first kappa shape index (κ1) is 39.3. The van der Waals surface area contributed by atoms with E-state index in [0.29, 0.717) is 25.9 Å². The topological polar surface area (TPSA) is 211 Å². The van der Waals surface area contributed by atoms with Crippen LogP contribution in [0.4, 0.5) is 0 Å². The van der Waals surface area contributed by atoms with Crippen LogP contribution in [0.3, 0.4) is 0 Å². The summed E-state index contributed by atoms with van der Waals surface area (Å²) in [5, 5.41) is 28.9. The molecule has 4 atom stereocenters. The zero-order valence-corrected chi connectivity index (χ0v) is 27.7. The van der Waals surface area contributed by atoms with Gasteiger partial charge < -0.3 is 36.4 Å². The van der Waals surface area contributed by atoms with Crippen molar-refractivity contribution in [2.24, 2.45) is 17.3 Å². The molecule has 0 aliphatic carbocycles. The summed E-state index contributed by atoms with van der Waals surface area (Å²) in [5.41, 5.74) is -0.794. The number of carbonyl (C=O) groups excluding carboxylic acids is 5. The van der Waals surface area contributed by atoms with Gasteiger partial charge in [0.25, 0.3) is 0 Å². The van der Waals surface area contributed by atoms with Gasteiger partial charge in [0, 0.05) is 19.0 Å². The summed E-state index contributed by atoms with van der Waals surface area (Å²) in [4.78, 5) is 91.3. The summed E-state index contributed by atoms with van der Waals surface area (Å²) in [6, 6.07) is -5.62. The molecule has 0 spiro atoms. The average molecular weight is 640 g/mol. The minimum absolute atomic E-state index is 0.0641. The Labute approximate surface area is 265 Å². The van der Waals surface area contributed by atoms with Crippen LogP contribution in [-0.4, -0.2) is 93.8 Å². The third-order valence-electron chi connectivity index (χ3n) is 7.83. The van der Waals surface area contributed by atoms with Crippen molar-refractivity contribution in [1.82, 2.24) is 26.2 Å². The molecule has 256 valence electrons. The van der Waals surface area contributed by atoms with Crippen molar-refractivity contribution in [2.75, 3.05) is 13.1 Å². The van der Waals surface area contributed by atoms with Gasteiger partial charge in [-0.2, -0.15) is 0 Å². The Morgan fingerprint density at radius 1 is 0.689 bits per heavy atom. The maximum absolute atomic E-state index is 13.6. The maximum atomic E-state index is 13.6. The van der Waals surface area contributed by atoms with Crippen molar-refractivity contribution < 1.29 is 43.8 Å². The second-order valence-corrected chi connectivity index (χ2v) is 13.2. The molecule has 0 bridgehead atoms. The van der Waals surface area contributed by atoms with Crippen LogP contribution in [-0.2, 0) is 33.6 Å². The van der Waals surface area contributed by atoms with Gasteiger partial charge in [0.2, 0.25) is 29.5 Å². The molecule has 0 aromatic heterocycles. The van der Waals surface area contributed by atoms with Crippen molar-refractivity contribution in [3.05, 3.63) is 0 Å². The molecule has 0 aromatic carbocycles.